The van der Waals surface area contributed by atoms with Crippen LogP contribution in [-0.4, -0.2) is 35.7 Å². The summed E-state index contributed by atoms with van der Waals surface area (Å²) in [6.45, 7) is 4.70. The SMILES string of the molecule is C[C@@H]1CCCN1C[C@H](CO)c1ccccc1. The van der Waals surface area contributed by atoms with E-state index in [0.29, 0.717) is 6.04 Å². The van der Waals surface area contributed by atoms with Gasteiger partial charge in [-0.05, 0) is 31.9 Å². The number of aliphatic hydroxyl groups is 1. The van der Waals surface area contributed by atoms with Gasteiger partial charge in [-0.1, -0.05) is 30.3 Å². The van der Waals surface area contributed by atoms with Crippen LogP contribution in [0.2, 0.25) is 0 Å². The van der Waals surface area contributed by atoms with Crippen LogP contribution in [0.4, 0.5) is 0 Å². The maximum Gasteiger partial charge on any atom is 0.0512 e. The summed E-state index contributed by atoms with van der Waals surface area (Å²) in [5, 5.41) is 9.50. The quantitative estimate of drug-likeness (QED) is 0.839. The molecular weight excluding hydrogens is 198 g/mol. The molecule has 2 heteroatoms. The predicted molar refractivity (Wildman–Crippen MR) is 66.5 cm³/mol. The smallest absolute Gasteiger partial charge is 0.0512 e. The molecule has 2 atom stereocenters. The molecule has 1 aliphatic rings. The third-order valence-electron chi connectivity index (χ3n) is 3.64. The van der Waals surface area contributed by atoms with Crippen LogP contribution < -0.4 is 0 Å². The van der Waals surface area contributed by atoms with E-state index >= 15 is 0 Å². The summed E-state index contributed by atoms with van der Waals surface area (Å²) in [5.41, 5.74) is 1.25. The lowest BCUT2D eigenvalue weighted by molar-refractivity contribution is 0.196. The lowest BCUT2D eigenvalue weighted by atomic mass is 9.99. The van der Waals surface area contributed by atoms with E-state index in [4.69, 9.17) is 0 Å². The Morgan fingerprint density at radius 2 is 2.12 bits per heavy atom. The first-order valence-electron chi connectivity index (χ1n) is 6.21. The molecule has 2 nitrogen and oxygen atoms in total. The van der Waals surface area contributed by atoms with Crippen LogP contribution >= 0.6 is 0 Å². The largest absolute Gasteiger partial charge is 0.396 e. The zero-order valence-electron chi connectivity index (χ0n) is 9.97. The van der Waals surface area contributed by atoms with Gasteiger partial charge in [-0.25, -0.2) is 0 Å². The summed E-state index contributed by atoms with van der Waals surface area (Å²) in [5.74, 6) is 0.266. The van der Waals surface area contributed by atoms with E-state index in [-0.39, 0.29) is 12.5 Å². The lowest BCUT2D eigenvalue weighted by Crippen LogP contribution is -2.32. The highest BCUT2D eigenvalue weighted by atomic mass is 16.3. The van der Waals surface area contributed by atoms with Crippen LogP contribution in [0.15, 0.2) is 30.3 Å². The first-order valence-corrected chi connectivity index (χ1v) is 6.21. The minimum absolute atomic E-state index is 0.243. The Hall–Kier alpha value is -0.860. The first-order chi connectivity index (χ1) is 7.81. The molecule has 2 rings (SSSR count). The Labute approximate surface area is 97.9 Å². The van der Waals surface area contributed by atoms with Crippen molar-refractivity contribution in [1.82, 2.24) is 4.90 Å². The molecule has 1 saturated heterocycles. The van der Waals surface area contributed by atoms with Crippen molar-refractivity contribution in [3.8, 4) is 0 Å². The van der Waals surface area contributed by atoms with E-state index in [9.17, 15) is 5.11 Å². The van der Waals surface area contributed by atoms with Crippen LogP contribution in [0.3, 0.4) is 0 Å². The van der Waals surface area contributed by atoms with E-state index in [1.54, 1.807) is 0 Å². The maximum absolute atomic E-state index is 9.50. The Morgan fingerprint density at radius 3 is 2.69 bits per heavy atom. The molecule has 0 unspecified atom stereocenters. The van der Waals surface area contributed by atoms with Gasteiger partial charge in [0.15, 0.2) is 0 Å². The molecule has 1 fully saturated rings. The molecule has 0 radical (unpaired) electrons. The fourth-order valence-corrected chi connectivity index (χ4v) is 2.54. The van der Waals surface area contributed by atoms with E-state index in [1.165, 1.54) is 24.9 Å². The molecule has 16 heavy (non-hydrogen) atoms. The minimum atomic E-state index is 0.243. The molecule has 0 amide bonds. The summed E-state index contributed by atoms with van der Waals surface area (Å²) in [6, 6.07) is 11.0. The van der Waals surface area contributed by atoms with Crippen molar-refractivity contribution in [2.45, 2.75) is 31.7 Å². The zero-order chi connectivity index (χ0) is 11.4. The van der Waals surface area contributed by atoms with Crippen LogP contribution in [0.5, 0.6) is 0 Å². The fraction of sp³-hybridized carbons (Fsp3) is 0.571. The second kappa shape index (κ2) is 5.46. The average molecular weight is 219 g/mol. The molecule has 0 aliphatic carbocycles. The minimum Gasteiger partial charge on any atom is -0.396 e. The Kier molecular flexibility index (Phi) is 3.97. The highest BCUT2D eigenvalue weighted by Crippen LogP contribution is 2.22. The number of hydrogen-bond acceptors (Lipinski definition) is 2. The normalized spacial score (nSPS) is 23.5. The van der Waals surface area contributed by atoms with Gasteiger partial charge < -0.3 is 5.11 Å². The molecule has 1 aromatic carbocycles. The van der Waals surface area contributed by atoms with Crippen LogP contribution in [0.25, 0.3) is 0 Å². The average Bonchev–Trinajstić information content (AvgIpc) is 2.73. The molecule has 1 aliphatic heterocycles. The van der Waals surface area contributed by atoms with Gasteiger partial charge in [0.1, 0.15) is 0 Å². The van der Waals surface area contributed by atoms with Gasteiger partial charge >= 0.3 is 0 Å². The van der Waals surface area contributed by atoms with Crippen LogP contribution in [0.1, 0.15) is 31.2 Å². The van der Waals surface area contributed by atoms with Gasteiger partial charge in [0.25, 0.3) is 0 Å². The maximum atomic E-state index is 9.50. The fourth-order valence-electron chi connectivity index (χ4n) is 2.54. The lowest BCUT2D eigenvalue weighted by Gasteiger charge is -2.26. The highest BCUT2D eigenvalue weighted by molar-refractivity contribution is 5.20. The third kappa shape index (κ3) is 2.63. The summed E-state index contributed by atoms with van der Waals surface area (Å²) >= 11 is 0. The predicted octanol–water partition coefficient (Wildman–Crippen LogP) is 2.25. The summed E-state index contributed by atoms with van der Waals surface area (Å²) in [6.07, 6.45) is 2.60. The number of nitrogens with zero attached hydrogens (tertiary/aromatic N) is 1. The molecule has 1 N–H and O–H groups in total. The van der Waals surface area contributed by atoms with Gasteiger partial charge in [-0.15, -0.1) is 0 Å². The van der Waals surface area contributed by atoms with E-state index in [2.05, 4.69) is 24.0 Å². The molecule has 0 saturated carbocycles. The summed E-state index contributed by atoms with van der Waals surface area (Å²) in [4.78, 5) is 2.49. The molecular formula is C14H21NO. The molecule has 0 aromatic heterocycles. The van der Waals surface area contributed by atoms with Crippen molar-refractivity contribution in [2.75, 3.05) is 19.7 Å². The monoisotopic (exact) mass is 219 g/mol. The van der Waals surface area contributed by atoms with Crippen LogP contribution in [-0.2, 0) is 0 Å². The molecule has 1 heterocycles. The topological polar surface area (TPSA) is 23.5 Å². The third-order valence-corrected chi connectivity index (χ3v) is 3.64. The zero-order valence-corrected chi connectivity index (χ0v) is 9.97. The van der Waals surface area contributed by atoms with E-state index in [1.807, 2.05) is 18.2 Å². The second-order valence-electron chi connectivity index (χ2n) is 4.78. The van der Waals surface area contributed by atoms with Crippen molar-refractivity contribution in [2.24, 2.45) is 0 Å². The number of hydrogen-bond donors (Lipinski definition) is 1. The Morgan fingerprint density at radius 1 is 1.38 bits per heavy atom. The van der Waals surface area contributed by atoms with Crippen molar-refractivity contribution < 1.29 is 5.11 Å². The number of likely N-dealkylation sites (tertiary alicyclic amines) is 1. The molecule has 0 bridgehead atoms. The first kappa shape index (κ1) is 11.6. The summed E-state index contributed by atoms with van der Waals surface area (Å²) in [7, 11) is 0. The van der Waals surface area contributed by atoms with E-state index in [0.717, 1.165) is 6.54 Å². The van der Waals surface area contributed by atoms with Crippen molar-refractivity contribution >= 4 is 0 Å². The van der Waals surface area contributed by atoms with Gasteiger partial charge in [0.2, 0.25) is 0 Å². The summed E-state index contributed by atoms with van der Waals surface area (Å²) < 4.78 is 0. The van der Waals surface area contributed by atoms with Crippen molar-refractivity contribution in [3.63, 3.8) is 0 Å². The van der Waals surface area contributed by atoms with Gasteiger partial charge in [0, 0.05) is 18.5 Å². The van der Waals surface area contributed by atoms with Crippen molar-refractivity contribution in [3.05, 3.63) is 35.9 Å². The van der Waals surface area contributed by atoms with Gasteiger partial charge in [-0.2, -0.15) is 0 Å². The Bertz CT molecular complexity index is 312. The molecule has 0 spiro atoms. The van der Waals surface area contributed by atoms with Crippen molar-refractivity contribution in [1.29, 1.82) is 0 Å². The standard InChI is InChI=1S/C14H21NO/c1-12-6-5-9-15(12)10-14(11-16)13-7-3-2-4-8-13/h2-4,7-8,12,14,16H,5-6,9-11H2,1H3/t12-,14-/m1/s1. The number of benzene rings is 1. The van der Waals surface area contributed by atoms with Gasteiger partial charge in [-0.3, -0.25) is 4.90 Å². The number of aliphatic hydroxyl groups excluding tert-OH is 1. The molecule has 88 valence electrons. The van der Waals surface area contributed by atoms with Crippen LogP contribution in [0, 0.1) is 0 Å². The highest BCUT2D eigenvalue weighted by Gasteiger charge is 2.23. The van der Waals surface area contributed by atoms with Gasteiger partial charge in [0.05, 0.1) is 6.61 Å². The van der Waals surface area contributed by atoms with E-state index < -0.39 is 0 Å². The Balaban J connectivity index is 2.00. The molecule has 1 aromatic rings. The second-order valence-corrected chi connectivity index (χ2v) is 4.78. The number of rotatable bonds is 4.